The molecule has 0 saturated carbocycles. The van der Waals surface area contributed by atoms with Crippen molar-refractivity contribution >= 4 is 29.6 Å². The molecule has 12 heteroatoms. The van der Waals surface area contributed by atoms with Crippen LogP contribution in [-0.2, 0) is 54.1 Å². The maximum absolute atomic E-state index is 12.9. The fraction of sp³-hybridized carbons (Fsp3) is 0.593. The zero-order chi connectivity index (χ0) is 29.4. The first-order valence-corrected chi connectivity index (χ1v) is 12.7. The summed E-state index contributed by atoms with van der Waals surface area (Å²) in [5.74, 6) is -3.99. The smallest absolute Gasteiger partial charge is 0.347 e. The lowest BCUT2D eigenvalue weighted by Gasteiger charge is -2.22. The van der Waals surface area contributed by atoms with E-state index in [9.17, 15) is 24.0 Å². The number of hydrogen-bond acceptors (Lipinski definition) is 11. The van der Waals surface area contributed by atoms with E-state index >= 15 is 0 Å². The van der Waals surface area contributed by atoms with Gasteiger partial charge in [-0.2, -0.15) is 0 Å². The van der Waals surface area contributed by atoms with Crippen LogP contribution in [0.3, 0.4) is 0 Å². The van der Waals surface area contributed by atoms with Gasteiger partial charge in [0.15, 0.2) is 24.1 Å². The SMILES string of the molecule is COCCOCCCC(=O)C(Cc1ccccc1)NC(=O)C(C)OC(=O)C(C)OC(=O)C(C)OC(=O)C(C)O. The summed E-state index contributed by atoms with van der Waals surface area (Å²) >= 11 is 0. The molecule has 1 amide bonds. The second-order valence-electron chi connectivity index (χ2n) is 8.84. The average molecular weight is 554 g/mol. The predicted molar refractivity (Wildman–Crippen MR) is 137 cm³/mol. The van der Waals surface area contributed by atoms with Crippen LogP contribution in [-0.4, -0.2) is 92.1 Å². The predicted octanol–water partition coefficient (Wildman–Crippen LogP) is 0.902. The van der Waals surface area contributed by atoms with E-state index in [1.54, 1.807) is 7.11 Å². The van der Waals surface area contributed by atoms with E-state index in [0.29, 0.717) is 26.2 Å². The maximum Gasteiger partial charge on any atom is 0.347 e. The van der Waals surface area contributed by atoms with Crippen molar-refractivity contribution in [1.82, 2.24) is 5.32 Å². The zero-order valence-corrected chi connectivity index (χ0v) is 23.0. The normalized spacial score (nSPS) is 14.7. The molecule has 5 atom stereocenters. The summed E-state index contributed by atoms with van der Waals surface area (Å²) in [5, 5.41) is 11.8. The summed E-state index contributed by atoms with van der Waals surface area (Å²) in [6.07, 6.45) is -4.65. The van der Waals surface area contributed by atoms with Gasteiger partial charge in [-0.1, -0.05) is 30.3 Å². The molecule has 0 saturated heterocycles. The number of esters is 3. The summed E-state index contributed by atoms with van der Waals surface area (Å²) in [6.45, 7) is 6.16. The van der Waals surface area contributed by atoms with E-state index in [1.165, 1.54) is 27.7 Å². The molecule has 0 bridgehead atoms. The highest BCUT2D eigenvalue weighted by Gasteiger charge is 2.30. The molecule has 1 rings (SSSR count). The highest BCUT2D eigenvalue weighted by atomic mass is 16.6. The minimum absolute atomic E-state index is 0.170. The first kappa shape index (κ1) is 33.7. The Labute approximate surface area is 228 Å². The highest BCUT2D eigenvalue weighted by molar-refractivity contribution is 5.92. The van der Waals surface area contributed by atoms with Gasteiger partial charge in [0, 0.05) is 20.1 Å². The van der Waals surface area contributed by atoms with Crippen molar-refractivity contribution in [1.29, 1.82) is 0 Å². The molecule has 0 aliphatic heterocycles. The van der Waals surface area contributed by atoms with Gasteiger partial charge in [-0.25, -0.2) is 14.4 Å². The van der Waals surface area contributed by atoms with Gasteiger partial charge in [0.05, 0.1) is 19.3 Å². The van der Waals surface area contributed by atoms with E-state index < -0.39 is 54.3 Å². The number of carbonyl (C=O) groups excluding carboxylic acids is 5. The van der Waals surface area contributed by atoms with Crippen molar-refractivity contribution in [3.05, 3.63) is 35.9 Å². The number of aliphatic hydroxyl groups excluding tert-OH is 1. The number of ether oxygens (including phenoxy) is 5. The highest BCUT2D eigenvalue weighted by Crippen LogP contribution is 2.09. The molecule has 12 nitrogen and oxygen atoms in total. The lowest BCUT2D eigenvalue weighted by molar-refractivity contribution is -0.181. The average Bonchev–Trinajstić information content (AvgIpc) is 2.90. The van der Waals surface area contributed by atoms with Crippen molar-refractivity contribution < 1.29 is 52.8 Å². The molecule has 0 heterocycles. The quantitative estimate of drug-likeness (QED) is 0.151. The van der Waals surface area contributed by atoms with Crippen LogP contribution in [0, 0.1) is 0 Å². The van der Waals surface area contributed by atoms with Gasteiger partial charge in [0.2, 0.25) is 0 Å². The van der Waals surface area contributed by atoms with Gasteiger partial charge < -0.3 is 34.1 Å². The third-order valence-electron chi connectivity index (χ3n) is 5.38. The van der Waals surface area contributed by atoms with E-state index in [-0.39, 0.29) is 18.6 Å². The number of methoxy groups -OCH3 is 1. The lowest BCUT2D eigenvalue weighted by atomic mass is 9.99. The Balaban J connectivity index is 2.69. The van der Waals surface area contributed by atoms with Crippen molar-refractivity contribution in [3.8, 4) is 0 Å². The number of amides is 1. The van der Waals surface area contributed by atoms with Crippen molar-refractivity contribution in [3.63, 3.8) is 0 Å². The number of benzene rings is 1. The number of hydrogen-bond donors (Lipinski definition) is 2. The summed E-state index contributed by atoms with van der Waals surface area (Å²) in [7, 11) is 1.56. The van der Waals surface area contributed by atoms with Crippen LogP contribution in [0.1, 0.15) is 46.1 Å². The summed E-state index contributed by atoms with van der Waals surface area (Å²) < 4.78 is 25.1. The second kappa shape index (κ2) is 18.0. The van der Waals surface area contributed by atoms with Crippen LogP contribution in [0.15, 0.2) is 30.3 Å². The fourth-order valence-electron chi connectivity index (χ4n) is 3.11. The largest absolute Gasteiger partial charge is 0.450 e. The molecule has 1 aromatic rings. The minimum atomic E-state index is -1.44. The molecule has 0 aromatic heterocycles. The summed E-state index contributed by atoms with van der Waals surface area (Å²) in [6, 6.07) is 8.28. The van der Waals surface area contributed by atoms with Crippen molar-refractivity contribution in [2.24, 2.45) is 0 Å². The van der Waals surface area contributed by atoms with Gasteiger partial charge >= 0.3 is 17.9 Å². The topological polar surface area (TPSA) is 164 Å². The van der Waals surface area contributed by atoms with E-state index in [4.69, 9.17) is 28.8 Å². The van der Waals surface area contributed by atoms with E-state index in [0.717, 1.165) is 5.56 Å². The van der Waals surface area contributed by atoms with E-state index in [1.807, 2.05) is 30.3 Å². The molecular formula is C27H39NO11. The van der Waals surface area contributed by atoms with Crippen LogP contribution < -0.4 is 5.32 Å². The summed E-state index contributed by atoms with van der Waals surface area (Å²) in [5.41, 5.74) is 0.836. The Bertz CT molecular complexity index is 935. The third-order valence-corrected chi connectivity index (χ3v) is 5.38. The summed E-state index contributed by atoms with van der Waals surface area (Å²) in [4.78, 5) is 61.6. The van der Waals surface area contributed by atoms with Crippen molar-refractivity contribution in [2.75, 3.05) is 26.9 Å². The van der Waals surface area contributed by atoms with Crippen LogP contribution in [0.25, 0.3) is 0 Å². The lowest BCUT2D eigenvalue weighted by Crippen LogP contribution is -2.47. The standard InChI is InChI=1S/C27H39NO11/c1-17(29)25(32)38-19(3)27(34)39-20(4)26(33)37-18(2)24(31)28-22(16-21-10-7-6-8-11-21)23(30)12-9-13-36-15-14-35-5/h6-8,10-11,17-20,22,29H,9,12-16H2,1-5H3,(H,28,31). The van der Waals surface area contributed by atoms with Crippen LogP contribution in [0.5, 0.6) is 0 Å². The molecule has 218 valence electrons. The first-order chi connectivity index (χ1) is 18.5. The number of carbonyl (C=O) groups is 5. The minimum Gasteiger partial charge on any atom is -0.450 e. The Morgan fingerprint density at radius 3 is 1.92 bits per heavy atom. The Morgan fingerprint density at radius 2 is 1.36 bits per heavy atom. The number of aliphatic hydroxyl groups is 1. The zero-order valence-electron chi connectivity index (χ0n) is 23.0. The Kier molecular flexibility index (Phi) is 15.6. The maximum atomic E-state index is 12.9. The first-order valence-electron chi connectivity index (χ1n) is 12.7. The van der Waals surface area contributed by atoms with Gasteiger partial charge in [-0.3, -0.25) is 9.59 Å². The van der Waals surface area contributed by atoms with Gasteiger partial charge in [0.1, 0.15) is 6.10 Å². The molecule has 0 spiro atoms. The monoisotopic (exact) mass is 553 g/mol. The van der Waals surface area contributed by atoms with E-state index in [2.05, 4.69) is 5.32 Å². The van der Waals surface area contributed by atoms with Gasteiger partial charge in [-0.05, 0) is 46.1 Å². The van der Waals surface area contributed by atoms with Crippen molar-refractivity contribution in [2.45, 2.75) is 77.4 Å². The molecule has 0 aliphatic rings. The second-order valence-corrected chi connectivity index (χ2v) is 8.84. The number of rotatable bonds is 18. The molecule has 5 unspecified atom stereocenters. The Morgan fingerprint density at radius 1 is 0.795 bits per heavy atom. The fourth-order valence-corrected chi connectivity index (χ4v) is 3.11. The molecule has 2 N–H and O–H groups in total. The molecule has 0 radical (unpaired) electrons. The van der Waals surface area contributed by atoms with Gasteiger partial charge in [0.25, 0.3) is 5.91 Å². The molecule has 0 aliphatic carbocycles. The van der Waals surface area contributed by atoms with Crippen LogP contribution in [0.4, 0.5) is 0 Å². The van der Waals surface area contributed by atoms with Gasteiger partial charge in [-0.15, -0.1) is 0 Å². The van der Waals surface area contributed by atoms with Crippen LogP contribution in [0.2, 0.25) is 0 Å². The molecular weight excluding hydrogens is 514 g/mol. The Hall–Kier alpha value is -3.35. The third kappa shape index (κ3) is 13.3. The molecule has 1 aromatic carbocycles. The molecule has 39 heavy (non-hydrogen) atoms. The van der Waals surface area contributed by atoms with Crippen LogP contribution >= 0.6 is 0 Å². The molecule has 0 fully saturated rings. The number of ketones is 1. The number of nitrogens with one attached hydrogen (secondary N) is 1. The number of Topliss-reactive ketones (excluding diaryl/α,β-unsaturated/α-hetero) is 1.